The summed E-state index contributed by atoms with van der Waals surface area (Å²) in [5, 5.41) is 2.42. The number of carbonyl (C=O) groups is 1. The average molecular weight is 441 g/mol. The summed E-state index contributed by atoms with van der Waals surface area (Å²) in [7, 11) is 1.39. The molecule has 2 aliphatic rings. The summed E-state index contributed by atoms with van der Waals surface area (Å²) in [6.45, 7) is 0.577. The maximum absolute atomic E-state index is 13.8. The predicted molar refractivity (Wildman–Crippen MR) is 125 cm³/mol. The molecule has 166 valence electrons. The van der Waals surface area contributed by atoms with Gasteiger partial charge in [0.2, 0.25) is 6.79 Å². The highest BCUT2D eigenvalue weighted by Gasteiger charge is 2.26. The third kappa shape index (κ3) is 3.09. The van der Waals surface area contributed by atoms with Crippen molar-refractivity contribution in [3.8, 4) is 11.5 Å². The Hall–Kier alpha value is -3.80. The third-order valence-electron chi connectivity index (χ3n) is 6.76. The topological polar surface area (TPSA) is 66.8 Å². The number of hydrogen-bond donors (Lipinski definition) is 0. The fourth-order valence-electron chi connectivity index (χ4n) is 5.22. The first kappa shape index (κ1) is 19.9. The van der Waals surface area contributed by atoms with Gasteiger partial charge in [0.05, 0.1) is 24.7 Å². The summed E-state index contributed by atoms with van der Waals surface area (Å²) < 4.78 is 18.2. The average Bonchev–Trinajstić information content (AvgIpc) is 3.32. The Morgan fingerprint density at radius 2 is 1.64 bits per heavy atom. The number of aryl methyl sites for hydroxylation is 1. The van der Waals surface area contributed by atoms with Crippen LogP contribution in [0.25, 0.3) is 21.7 Å². The van der Waals surface area contributed by atoms with Gasteiger partial charge in [0, 0.05) is 21.7 Å². The molecule has 33 heavy (non-hydrogen) atoms. The highest BCUT2D eigenvalue weighted by atomic mass is 16.7. The van der Waals surface area contributed by atoms with Crippen LogP contribution in [0.2, 0.25) is 0 Å². The molecule has 0 saturated carbocycles. The smallest absolute Gasteiger partial charge is 0.338 e. The number of fused-ring (bicyclic) bond motifs is 6. The minimum atomic E-state index is -0.411. The Morgan fingerprint density at radius 1 is 0.939 bits per heavy atom. The van der Waals surface area contributed by atoms with Gasteiger partial charge in [-0.15, -0.1) is 0 Å². The van der Waals surface area contributed by atoms with Gasteiger partial charge < -0.3 is 18.8 Å². The highest BCUT2D eigenvalue weighted by Crippen LogP contribution is 2.41. The molecular formula is C27H23NO5. The lowest BCUT2D eigenvalue weighted by Gasteiger charge is -2.23. The van der Waals surface area contributed by atoms with Crippen molar-refractivity contribution in [2.75, 3.05) is 13.9 Å². The van der Waals surface area contributed by atoms with Crippen LogP contribution in [0.15, 0.2) is 53.3 Å². The molecule has 0 bridgehead atoms. The molecule has 1 aliphatic heterocycles. The Bertz CT molecular complexity index is 1490. The van der Waals surface area contributed by atoms with E-state index in [2.05, 4.69) is 0 Å². The van der Waals surface area contributed by atoms with Gasteiger partial charge in [-0.1, -0.05) is 30.3 Å². The molecule has 4 aromatic rings. The Morgan fingerprint density at radius 3 is 2.36 bits per heavy atom. The van der Waals surface area contributed by atoms with Gasteiger partial charge in [-0.3, -0.25) is 4.79 Å². The van der Waals surface area contributed by atoms with Crippen molar-refractivity contribution in [1.29, 1.82) is 0 Å². The summed E-state index contributed by atoms with van der Waals surface area (Å²) >= 11 is 0. The molecule has 0 atom stereocenters. The molecule has 0 radical (unpaired) electrons. The second kappa shape index (κ2) is 7.66. The number of methoxy groups -OCH3 is 1. The molecule has 0 fully saturated rings. The number of ether oxygens (including phenoxy) is 3. The van der Waals surface area contributed by atoms with Gasteiger partial charge in [0.25, 0.3) is 5.56 Å². The molecular weight excluding hydrogens is 418 g/mol. The number of pyridine rings is 1. The Balaban J connectivity index is 1.78. The number of nitrogens with zero attached hydrogens (tertiary/aromatic N) is 1. The van der Waals surface area contributed by atoms with Crippen molar-refractivity contribution in [2.24, 2.45) is 0 Å². The first-order chi connectivity index (χ1) is 16.2. The molecule has 6 heteroatoms. The number of rotatable bonds is 3. The van der Waals surface area contributed by atoms with Crippen LogP contribution in [0.5, 0.6) is 11.5 Å². The van der Waals surface area contributed by atoms with Gasteiger partial charge >= 0.3 is 5.97 Å². The quantitative estimate of drug-likeness (QED) is 0.343. The van der Waals surface area contributed by atoms with Crippen LogP contribution in [0.3, 0.4) is 0 Å². The monoisotopic (exact) mass is 441 g/mol. The van der Waals surface area contributed by atoms with Crippen molar-refractivity contribution >= 4 is 27.6 Å². The molecule has 3 aromatic carbocycles. The van der Waals surface area contributed by atoms with Crippen LogP contribution in [-0.2, 0) is 24.1 Å². The predicted octanol–water partition coefficient (Wildman–Crippen LogP) is 4.60. The largest absolute Gasteiger partial charge is 0.465 e. The second-order valence-electron chi connectivity index (χ2n) is 8.60. The molecule has 0 N–H and O–H groups in total. The van der Waals surface area contributed by atoms with Gasteiger partial charge in [0.15, 0.2) is 11.5 Å². The van der Waals surface area contributed by atoms with Crippen molar-refractivity contribution in [3.63, 3.8) is 0 Å². The van der Waals surface area contributed by atoms with E-state index in [4.69, 9.17) is 14.2 Å². The number of esters is 1. The molecule has 1 aliphatic carbocycles. The van der Waals surface area contributed by atoms with E-state index in [1.807, 2.05) is 53.1 Å². The normalized spacial score (nSPS) is 14.5. The van der Waals surface area contributed by atoms with Gasteiger partial charge in [-0.2, -0.15) is 0 Å². The van der Waals surface area contributed by atoms with Crippen LogP contribution in [0.1, 0.15) is 39.9 Å². The lowest BCUT2D eigenvalue weighted by atomic mass is 9.87. The molecule has 0 unspecified atom stereocenters. The Kier molecular flexibility index (Phi) is 4.61. The molecule has 0 amide bonds. The van der Waals surface area contributed by atoms with Crippen molar-refractivity contribution in [3.05, 3.63) is 81.1 Å². The van der Waals surface area contributed by atoms with E-state index in [-0.39, 0.29) is 12.4 Å². The Labute approximate surface area is 190 Å². The van der Waals surface area contributed by atoms with E-state index in [1.54, 1.807) is 0 Å². The first-order valence-corrected chi connectivity index (χ1v) is 11.2. The lowest BCUT2D eigenvalue weighted by molar-refractivity contribution is 0.0603. The van der Waals surface area contributed by atoms with E-state index >= 15 is 0 Å². The summed E-state index contributed by atoms with van der Waals surface area (Å²) in [6.07, 6.45) is 3.60. The number of aromatic nitrogens is 1. The summed E-state index contributed by atoms with van der Waals surface area (Å²) in [4.78, 5) is 26.6. The zero-order valence-electron chi connectivity index (χ0n) is 18.3. The molecule has 6 nitrogen and oxygen atoms in total. The minimum Gasteiger partial charge on any atom is -0.465 e. The number of hydrogen-bond acceptors (Lipinski definition) is 5. The molecule has 0 spiro atoms. The second-order valence-corrected chi connectivity index (χ2v) is 8.60. The van der Waals surface area contributed by atoms with Gasteiger partial charge in [-0.25, -0.2) is 4.79 Å². The third-order valence-corrected chi connectivity index (χ3v) is 6.76. The van der Waals surface area contributed by atoms with Crippen molar-refractivity contribution in [1.82, 2.24) is 4.57 Å². The first-order valence-electron chi connectivity index (χ1n) is 11.2. The zero-order valence-corrected chi connectivity index (χ0v) is 18.3. The molecule has 2 heterocycles. The lowest BCUT2D eigenvalue weighted by Crippen LogP contribution is -2.28. The fourth-order valence-corrected chi connectivity index (χ4v) is 5.22. The van der Waals surface area contributed by atoms with Crippen LogP contribution < -0.4 is 15.0 Å². The van der Waals surface area contributed by atoms with Crippen LogP contribution >= 0.6 is 0 Å². The SMILES string of the molecule is COC(=O)c1cc2c3c(c(=O)n(Cc4ccccc4)c2c2cc4c(cc12)OCO4)CCCC3. The van der Waals surface area contributed by atoms with Crippen LogP contribution in [0, 0.1) is 0 Å². The van der Waals surface area contributed by atoms with E-state index < -0.39 is 5.97 Å². The van der Waals surface area contributed by atoms with Crippen molar-refractivity contribution < 1.29 is 19.0 Å². The maximum atomic E-state index is 13.8. The van der Waals surface area contributed by atoms with E-state index in [0.29, 0.717) is 29.0 Å². The summed E-state index contributed by atoms with van der Waals surface area (Å²) in [6, 6.07) is 15.6. The molecule has 6 rings (SSSR count). The van der Waals surface area contributed by atoms with Crippen LogP contribution in [0.4, 0.5) is 0 Å². The number of carbonyl (C=O) groups excluding carboxylic acids is 1. The fraction of sp³-hybridized carbons (Fsp3) is 0.259. The van der Waals surface area contributed by atoms with E-state index in [1.165, 1.54) is 7.11 Å². The van der Waals surface area contributed by atoms with Gasteiger partial charge in [0.1, 0.15) is 0 Å². The molecule has 0 saturated heterocycles. The van der Waals surface area contributed by atoms with E-state index in [9.17, 15) is 9.59 Å². The maximum Gasteiger partial charge on any atom is 0.338 e. The summed E-state index contributed by atoms with van der Waals surface area (Å²) in [5.41, 5.74) is 4.30. The van der Waals surface area contributed by atoms with Crippen LogP contribution in [-0.4, -0.2) is 24.4 Å². The van der Waals surface area contributed by atoms with Crippen molar-refractivity contribution in [2.45, 2.75) is 32.2 Å². The molecule has 1 aromatic heterocycles. The van der Waals surface area contributed by atoms with E-state index in [0.717, 1.165) is 58.7 Å². The highest BCUT2D eigenvalue weighted by molar-refractivity contribution is 6.16. The van der Waals surface area contributed by atoms with Gasteiger partial charge in [-0.05, 0) is 55.0 Å². The minimum absolute atomic E-state index is 0.0471. The number of benzene rings is 3. The zero-order chi connectivity index (χ0) is 22.5. The standard InChI is InChI=1S/C27H23NO5/c1-31-27(30)22-11-20-17-9-5-6-10-18(17)26(29)28(14-16-7-3-2-4-8-16)25(20)21-13-24-23(12-19(21)22)32-15-33-24/h2-4,7-8,11-13H,5-6,9-10,14-15H2,1H3. The summed E-state index contributed by atoms with van der Waals surface area (Å²) in [5.74, 6) is 0.787.